The number of fused-ring (bicyclic) bond motifs is 2. The Hall–Kier alpha value is -2.96. The van der Waals surface area contributed by atoms with Gasteiger partial charge < -0.3 is 24.3 Å². The first kappa shape index (κ1) is 25.7. The molecule has 0 unspecified atom stereocenters. The summed E-state index contributed by atoms with van der Waals surface area (Å²) in [5.41, 5.74) is 4.22. The molecule has 1 saturated carbocycles. The highest BCUT2D eigenvalue weighted by molar-refractivity contribution is 6.02. The van der Waals surface area contributed by atoms with Crippen LogP contribution < -0.4 is 19.5 Å². The molecule has 5 aliphatic rings. The van der Waals surface area contributed by atoms with Gasteiger partial charge in [0.2, 0.25) is 17.4 Å². The van der Waals surface area contributed by atoms with Gasteiger partial charge in [-0.05, 0) is 66.4 Å². The monoisotopic (exact) mass is 509 g/mol. The average Bonchev–Trinajstić information content (AvgIpc) is 3.15. The number of benzene rings is 1. The van der Waals surface area contributed by atoms with Gasteiger partial charge in [0.05, 0.1) is 40.4 Å². The van der Waals surface area contributed by atoms with Crippen molar-refractivity contribution in [3.63, 3.8) is 0 Å². The minimum absolute atomic E-state index is 0.0177. The summed E-state index contributed by atoms with van der Waals surface area (Å²) in [7, 11) is 6.50. The van der Waals surface area contributed by atoms with Gasteiger partial charge in [-0.1, -0.05) is 25.7 Å². The summed E-state index contributed by atoms with van der Waals surface area (Å²) in [6, 6.07) is 1.79. The number of amides is 1. The van der Waals surface area contributed by atoms with Crippen LogP contribution in [-0.2, 0) is 20.7 Å². The molecule has 6 rings (SSSR count). The first-order valence-electron chi connectivity index (χ1n) is 13.6. The second-order valence-corrected chi connectivity index (χ2v) is 10.8. The molecule has 5 atom stereocenters. The highest BCUT2D eigenvalue weighted by atomic mass is 16.5. The Morgan fingerprint density at radius 3 is 2.22 bits per heavy atom. The largest absolute Gasteiger partial charge is 0.493 e. The molecule has 7 nitrogen and oxygen atoms in total. The van der Waals surface area contributed by atoms with Crippen LogP contribution in [0.1, 0.15) is 63.0 Å². The molecule has 0 saturated heterocycles. The summed E-state index contributed by atoms with van der Waals surface area (Å²) in [5, 5.41) is 3.22. The standard InChI is InChI=1S/C30H39NO6/c1-16(32)31-21-13-12-17-14-23(35-3)29(36-4)30(37-5)24(17)25-20-15-22(34-2)28(33)26(27(21)25)19-11-9-7-6-8-10-18(19)20/h14-15,18-21,26H,6-13H2,1-5H3,(H,31,32)/t18-,19-,20-,21-,26+/m0/s1. The van der Waals surface area contributed by atoms with Crippen molar-refractivity contribution in [2.24, 2.45) is 23.7 Å². The summed E-state index contributed by atoms with van der Waals surface area (Å²) >= 11 is 0. The number of allylic oxidation sites excluding steroid dienone is 3. The van der Waals surface area contributed by atoms with Crippen molar-refractivity contribution in [3.8, 4) is 17.2 Å². The highest BCUT2D eigenvalue weighted by Gasteiger charge is 2.53. The van der Waals surface area contributed by atoms with Crippen molar-refractivity contribution in [2.75, 3.05) is 28.4 Å². The average molecular weight is 510 g/mol. The van der Waals surface area contributed by atoms with Crippen LogP contribution in [0.2, 0.25) is 0 Å². The third-order valence-corrected chi connectivity index (χ3v) is 8.96. The Balaban J connectivity index is 1.85. The van der Waals surface area contributed by atoms with E-state index in [0.29, 0.717) is 41.8 Å². The van der Waals surface area contributed by atoms with Crippen molar-refractivity contribution in [1.82, 2.24) is 5.32 Å². The Kier molecular flexibility index (Phi) is 7.24. The van der Waals surface area contributed by atoms with Crippen LogP contribution in [0, 0.1) is 23.7 Å². The van der Waals surface area contributed by atoms with E-state index in [0.717, 1.165) is 48.0 Å². The van der Waals surface area contributed by atoms with Crippen LogP contribution in [0.5, 0.6) is 17.2 Å². The number of carbonyl (C=O) groups excluding carboxylic acids is 2. The summed E-state index contributed by atoms with van der Waals surface area (Å²) in [5.74, 6) is 2.39. The second kappa shape index (κ2) is 10.4. The van der Waals surface area contributed by atoms with E-state index in [4.69, 9.17) is 18.9 Å². The van der Waals surface area contributed by atoms with Gasteiger partial charge in [-0.3, -0.25) is 9.59 Å². The predicted octanol–water partition coefficient (Wildman–Crippen LogP) is 4.86. The van der Waals surface area contributed by atoms with E-state index in [9.17, 15) is 9.59 Å². The molecular weight excluding hydrogens is 470 g/mol. The van der Waals surface area contributed by atoms with Crippen LogP contribution in [0.3, 0.4) is 0 Å². The number of hydrogen-bond donors (Lipinski definition) is 1. The van der Waals surface area contributed by atoms with E-state index in [1.54, 1.807) is 35.4 Å². The van der Waals surface area contributed by atoms with Crippen LogP contribution in [-0.4, -0.2) is 46.2 Å². The number of nitrogens with one attached hydrogen (secondary N) is 1. The molecule has 1 N–H and O–H groups in total. The third kappa shape index (κ3) is 4.20. The van der Waals surface area contributed by atoms with Gasteiger partial charge in [-0.2, -0.15) is 0 Å². The molecule has 0 radical (unpaired) electrons. The molecule has 1 amide bonds. The minimum Gasteiger partial charge on any atom is -0.493 e. The molecule has 0 aliphatic heterocycles. The van der Waals surface area contributed by atoms with Crippen LogP contribution >= 0.6 is 0 Å². The second-order valence-electron chi connectivity index (χ2n) is 10.8. The van der Waals surface area contributed by atoms with Gasteiger partial charge in [0.25, 0.3) is 0 Å². The zero-order chi connectivity index (χ0) is 26.3. The molecule has 7 heteroatoms. The number of carbonyl (C=O) groups is 2. The lowest BCUT2D eigenvalue weighted by Gasteiger charge is -2.45. The fourth-order valence-electron chi connectivity index (χ4n) is 7.58. The van der Waals surface area contributed by atoms with Crippen molar-refractivity contribution < 1.29 is 28.5 Å². The smallest absolute Gasteiger partial charge is 0.217 e. The van der Waals surface area contributed by atoms with Gasteiger partial charge in [0.15, 0.2) is 17.3 Å². The van der Waals surface area contributed by atoms with E-state index >= 15 is 0 Å². The van der Waals surface area contributed by atoms with E-state index < -0.39 is 0 Å². The number of rotatable bonds is 5. The molecule has 2 bridgehead atoms. The molecule has 200 valence electrons. The minimum atomic E-state index is -0.330. The number of methoxy groups -OCH3 is 4. The maximum absolute atomic E-state index is 14.2. The van der Waals surface area contributed by atoms with Gasteiger partial charge in [0, 0.05) is 18.4 Å². The number of ether oxygens (including phenoxy) is 4. The first-order chi connectivity index (χ1) is 17.9. The Labute approximate surface area is 219 Å². The summed E-state index contributed by atoms with van der Waals surface area (Å²) in [6.07, 6.45) is 10.3. The fourth-order valence-corrected chi connectivity index (χ4v) is 7.58. The van der Waals surface area contributed by atoms with E-state index in [2.05, 4.69) is 11.4 Å². The van der Waals surface area contributed by atoms with Crippen LogP contribution in [0.4, 0.5) is 0 Å². The van der Waals surface area contributed by atoms with Crippen molar-refractivity contribution in [2.45, 2.75) is 64.3 Å². The molecule has 1 aromatic carbocycles. The molecule has 37 heavy (non-hydrogen) atoms. The number of ketones is 1. The quantitative estimate of drug-likeness (QED) is 0.610. The highest BCUT2D eigenvalue weighted by Crippen LogP contribution is 2.59. The number of aryl methyl sites for hydroxylation is 1. The van der Waals surface area contributed by atoms with Crippen LogP contribution in [0.15, 0.2) is 23.5 Å². The van der Waals surface area contributed by atoms with Crippen molar-refractivity contribution in [3.05, 3.63) is 34.6 Å². The molecular formula is C30H39NO6. The summed E-state index contributed by atoms with van der Waals surface area (Å²) in [6.45, 7) is 1.55. The molecule has 1 fully saturated rings. The Morgan fingerprint density at radius 2 is 1.59 bits per heavy atom. The lowest BCUT2D eigenvalue weighted by molar-refractivity contribution is -0.124. The number of Topliss-reactive ketones (excluding diaryl/α,β-unsaturated/α-hetero) is 1. The van der Waals surface area contributed by atoms with Gasteiger partial charge >= 0.3 is 0 Å². The van der Waals surface area contributed by atoms with E-state index in [1.165, 1.54) is 12.8 Å². The Morgan fingerprint density at radius 1 is 0.892 bits per heavy atom. The predicted molar refractivity (Wildman–Crippen MR) is 141 cm³/mol. The first-order valence-corrected chi connectivity index (χ1v) is 13.6. The number of hydrogen-bond acceptors (Lipinski definition) is 6. The third-order valence-electron chi connectivity index (χ3n) is 8.96. The normalized spacial score (nSPS) is 28.8. The molecule has 5 aliphatic carbocycles. The Bertz CT molecular complexity index is 1150. The van der Waals surface area contributed by atoms with Crippen molar-refractivity contribution in [1.29, 1.82) is 0 Å². The maximum atomic E-state index is 14.2. The molecule has 0 spiro atoms. The maximum Gasteiger partial charge on any atom is 0.217 e. The van der Waals surface area contributed by atoms with Crippen molar-refractivity contribution >= 4 is 17.3 Å². The molecule has 0 heterocycles. The lowest BCUT2D eigenvalue weighted by atomic mass is 9.59. The summed E-state index contributed by atoms with van der Waals surface area (Å²) in [4.78, 5) is 26.6. The molecule has 1 aromatic rings. The van der Waals surface area contributed by atoms with Gasteiger partial charge in [0.1, 0.15) is 0 Å². The zero-order valence-corrected chi connectivity index (χ0v) is 22.6. The SMILES string of the molecule is COC1=C[C@@H]2C3=C([C@H](C1=O)[C@H]1CCCCCC[C@@H]12)[C@@H](NC(C)=O)CCc1cc(OC)c(OC)c(OC)c13. The van der Waals surface area contributed by atoms with Crippen LogP contribution in [0.25, 0.3) is 5.57 Å². The van der Waals surface area contributed by atoms with Gasteiger partial charge in [-0.15, -0.1) is 0 Å². The fraction of sp³-hybridized carbons (Fsp3) is 0.600. The van der Waals surface area contributed by atoms with E-state index in [1.807, 2.05) is 6.07 Å². The van der Waals surface area contributed by atoms with Gasteiger partial charge in [-0.25, -0.2) is 0 Å². The molecule has 0 aromatic heterocycles. The topological polar surface area (TPSA) is 83.1 Å². The zero-order valence-electron chi connectivity index (χ0n) is 22.6. The lowest BCUT2D eigenvalue weighted by Crippen LogP contribution is -2.45. The van der Waals surface area contributed by atoms with E-state index in [-0.39, 0.29) is 35.5 Å². The summed E-state index contributed by atoms with van der Waals surface area (Å²) < 4.78 is 23.3.